The van der Waals surface area contributed by atoms with E-state index in [2.05, 4.69) is 4.98 Å². The van der Waals surface area contributed by atoms with Gasteiger partial charge in [-0.05, 0) is 39.0 Å². The molecule has 0 aromatic carbocycles. The molecule has 0 fully saturated rings. The Kier molecular flexibility index (Phi) is 4.69. The van der Waals surface area contributed by atoms with Crippen molar-refractivity contribution in [2.24, 2.45) is 0 Å². The highest BCUT2D eigenvalue weighted by Crippen LogP contribution is 2.30. The molecule has 3 rings (SSSR count). The average molecular weight is 374 g/mol. The van der Waals surface area contributed by atoms with Gasteiger partial charge in [0.25, 0.3) is 5.91 Å². The Morgan fingerprint density at radius 2 is 1.96 bits per heavy atom. The van der Waals surface area contributed by atoms with E-state index in [1.165, 1.54) is 22.3 Å². The molecule has 0 unspecified atom stereocenters. The van der Waals surface area contributed by atoms with Crippen LogP contribution in [0.4, 0.5) is 0 Å². The highest BCUT2D eigenvalue weighted by atomic mass is 32.1. The minimum atomic E-state index is -1.05. The molecule has 0 bridgehead atoms. The molecule has 136 valence electrons. The molecule has 1 amide bonds. The third-order valence-corrected chi connectivity index (χ3v) is 5.04. The number of nitrogens with zero attached hydrogens (tertiary/aromatic N) is 2. The van der Waals surface area contributed by atoms with Gasteiger partial charge in [0.15, 0.2) is 10.8 Å². The van der Waals surface area contributed by atoms with E-state index in [1.807, 2.05) is 19.1 Å². The molecule has 8 heteroatoms. The van der Waals surface area contributed by atoms with Crippen LogP contribution in [0, 0.1) is 20.8 Å². The SMILES string of the molecule is Cc1ccc(-c2nc(C)c(C(=O)N(C)Cc3cc(C(=O)O)c(C)o3)s2)o1. The van der Waals surface area contributed by atoms with Crippen LogP contribution in [0.1, 0.15) is 43.0 Å². The molecule has 1 N–H and O–H groups in total. The summed E-state index contributed by atoms with van der Waals surface area (Å²) < 4.78 is 11.0. The number of aryl methyl sites for hydroxylation is 3. The van der Waals surface area contributed by atoms with Crippen molar-refractivity contribution in [3.05, 3.63) is 51.6 Å². The third-order valence-electron chi connectivity index (χ3n) is 3.88. The predicted octanol–water partition coefficient (Wildman–Crippen LogP) is 3.89. The first kappa shape index (κ1) is 17.9. The molecule has 0 aliphatic heterocycles. The molecule has 3 heterocycles. The van der Waals surface area contributed by atoms with E-state index in [4.69, 9.17) is 13.9 Å². The van der Waals surface area contributed by atoms with Crippen molar-refractivity contribution in [2.75, 3.05) is 7.05 Å². The van der Waals surface area contributed by atoms with Gasteiger partial charge >= 0.3 is 5.97 Å². The summed E-state index contributed by atoms with van der Waals surface area (Å²) in [4.78, 5) is 30.3. The highest BCUT2D eigenvalue weighted by Gasteiger charge is 2.22. The van der Waals surface area contributed by atoms with Gasteiger partial charge in [-0.25, -0.2) is 9.78 Å². The molecule has 3 aromatic heterocycles. The summed E-state index contributed by atoms with van der Waals surface area (Å²) in [6.45, 7) is 5.37. The van der Waals surface area contributed by atoms with Gasteiger partial charge in [0.1, 0.15) is 27.7 Å². The molecule has 0 aliphatic carbocycles. The molecule has 26 heavy (non-hydrogen) atoms. The van der Waals surface area contributed by atoms with Gasteiger partial charge in [0.05, 0.1) is 12.2 Å². The number of carboxylic acid groups (broad SMARTS) is 1. The molecule has 0 spiro atoms. The van der Waals surface area contributed by atoms with Gasteiger partial charge in [0.2, 0.25) is 0 Å². The zero-order valence-electron chi connectivity index (χ0n) is 14.8. The molecule has 0 saturated carbocycles. The summed E-state index contributed by atoms with van der Waals surface area (Å²) in [6.07, 6.45) is 0. The largest absolute Gasteiger partial charge is 0.478 e. The number of carboxylic acids is 1. The van der Waals surface area contributed by atoms with Gasteiger partial charge in [-0.3, -0.25) is 4.79 Å². The van der Waals surface area contributed by atoms with Crippen molar-refractivity contribution in [2.45, 2.75) is 27.3 Å². The molecule has 0 atom stereocenters. The molecule has 0 saturated heterocycles. The number of thiazole rings is 1. The molecule has 0 aliphatic rings. The molecule has 7 nitrogen and oxygen atoms in total. The van der Waals surface area contributed by atoms with E-state index in [0.29, 0.717) is 32.9 Å². The fourth-order valence-electron chi connectivity index (χ4n) is 2.56. The highest BCUT2D eigenvalue weighted by molar-refractivity contribution is 7.17. The standard InChI is InChI=1S/C18H18N2O5S/c1-9-5-6-14(24-9)16-19-10(2)15(26-16)17(21)20(4)8-12-7-13(18(22)23)11(3)25-12/h5-7H,8H2,1-4H3,(H,22,23). The van der Waals surface area contributed by atoms with Gasteiger partial charge in [0, 0.05) is 7.05 Å². The van der Waals surface area contributed by atoms with Crippen LogP contribution >= 0.6 is 11.3 Å². The van der Waals surface area contributed by atoms with Crippen LogP contribution in [0.2, 0.25) is 0 Å². The Balaban J connectivity index is 1.79. The normalized spacial score (nSPS) is 10.9. The maximum absolute atomic E-state index is 12.8. The second-order valence-electron chi connectivity index (χ2n) is 5.99. The Hall–Kier alpha value is -2.87. The topological polar surface area (TPSA) is 96.8 Å². The van der Waals surface area contributed by atoms with Gasteiger partial charge in [-0.1, -0.05) is 0 Å². The van der Waals surface area contributed by atoms with E-state index in [0.717, 1.165) is 5.76 Å². The van der Waals surface area contributed by atoms with E-state index in [-0.39, 0.29) is 18.0 Å². The summed E-state index contributed by atoms with van der Waals surface area (Å²) in [6, 6.07) is 5.11. The minimum absolute atomic E-state index is 0.102. The van der Waals surface area contributed by atoms with Crippen LogP contribution in [-0.2, 0) is 6.54 Å². The number of aromatic nitrogens is 1. The lowest BCUT2D eigenvalue weighted by atomic mass is 10.2. The van der Waals surface area contributed by atoms with Crippen LogP contribution in [-0.4, -0.2) is 33.9 Å². The first-order valence-electron chi connectivity index (χ1n) is 7.88. The van der Waals surface area contributed by atoms with Crippen LogP contribution in [0.5, 0.6) is 0 Å². The number of furan rings is 2. The first-order valence-corrected chi connectivity index (χ1v) is 8.70. The fourth-order valence-corrected chi connectivity index (χ4v) is 3.59. The second kappa shape index (κ2) is 6.80. The summed E-state index contributed by atoms with van der Waals surface area (Å²) >= 11 is 1.27. The minimum Gasteiger partial charge on any atom is -0.478 e. The number of carbonyl (C=O) groups excluding carboxylic acids is 1. The zero-order valence-corrected chi connectivity index (χ0v) is 15.6. The van der Waals surface area contributed by atoms with E-state index >= 15 is 0 Å². The molecular weight excluding hydrogens is 356 g/mol. The lowest BCUT2D eigenvalue weighted by molar-refractivity contribution is 0.0694. The summed E-state index contributed by atoms with van der Waals surface area (Å²) in [5.41, 5.74) is 0.725. The van der Waals surface area contributed by atoms with E-state index in [1.54, 1.807) is 20.9 Å². The van der Waals surface area contributed by atoms with Crippen molar-refractivity contribution in [1.82, 2.24) is 9.88 Å². The number of carbonyl (C=O) groups is 2. The second-order valence-corrected chi connectivity index (χ2v) is 6.99. The van der Waals surface area contributed by atoms with Crippen molar-refractivity contribution in [3.63, 3.8) is 0 Å². The Morgan fingerprint density at radius 1 is 1.23 bits per heavy atom. The molecule has 3 aromatic rings. The summed E-state index contributed by atoms with van der Waals surface area (Å²) in [5, 5.41) is 9.74. The number of hydrogen-bond donors (Lipinski definition) is 1. The number of hydrogen-bond acceptors (Lipinski definition) is 6. The average Bonchev–Trinajstić information content (AvgIpc) is 3.25. The van der Waals surface area contributed by atoms with E-state index < -0.39 is 5.97 Å². The predicted molar refractivity (Wildman–Crippen MR) is 95.5 cm³/mol. The quantitative estimate of drug-likeness (QED) is 0.728. The van der Waals surface area contributed by atoms with Crippen molar-refractivity contribution in [1.29, 1.82) is 0 Å². The lowest BCUT2D eigenvalue weighted by Gasteiger charge is -2.14. The lowest BCUT2D eigenvalue weighted by Crippen LogP contribution is -2.25. The van der Waals surface area contributed by atoms with Crippen LogP contribution in [0.25, 0.3) is 10.8 Å². The maximum atomic E-state index is 12.8. The van der Waals surface area contributed by atoms with Crippen molar-refractivity contribution >= 4 is 23.2 Å². The Labute approximate surface area is 153 Å². The molecular formula is C18H18N2O5S. The third kappa shape index (κ3) is 3.41. The van der Waals surface area contributed by atoms with Gasteiger partial charge in [-0.2, -0.15) is 0 Å². The Bertz CT molecular complexity index is 982. The van der Waals surface area contributed by atoms with Crippen LogP contribution < -0.4 is 0 Å². The van der Waals surface area contributed by atoms with Gasteiger partial charge < -0.3 is 18.8 Å². The zero-order chi connectivity index (χ0) is 19.0. The van der Waals surface area contributed by atoms with Gasteiger partial charge in [-0.15, -0.1) is 11.3 Å². The smallest absolute Gasteiger partial charge is 0.339 e. The first-order chi connectivity index (χ1) is 12.3. The van der Waals surface area contributed by atoms with Crippen LogP contribution in [0.3, 0.4) is 0 Å². The fraction of sp³-hybridized carbons (Fsp3) is 0.278. The van der Waals surface area contributed by atoms with Crippen molar-refractivity contribution < 1.29 is 23.5 Å². The Morgan fingerprint density at radius 3 is 2.54 bits per heavy atom. The molecule has 0 radical (unpaired) electrons. The number of amides is 1. The van der Waals surface area contributed by atoms with Crippen LogP contribution in [0.15, 0.2) is 27.0 Å². The van der Waals surface area contributed by atoms with Crippen molar-refractivity contribution in [3.8, 4) is 10.8 Å². The maximum Gasteiger partial charge on any atom is 0.339 e. The summed E-state index contributed by atoms with van der Waals surface area (Å²) in [7, 11) is 1.64. The number of aromatic carboxylic acids is 1. The van der Waals surface area contributed by atoms with E-state index in [9.17, 15) is 9.59 Å². The monoisotopic (exact) mass is 374 g/mol. The summed E-state index contributed by atoms with van der Waals surface area (Å²) in [5.74, 6) is 0.881. The number of rotatable bonds is 5.